The molecule has 0 bridgehead atoms. The molecule has 2 aliphatic rings. The Labute approximate surface area is 169 Å². The third-order valence-electron chi connectivity index (χ3n) is 6.15. The standard InChI is InChI=1S/C23H35NO4/c1-23(2,3)18-8-6-17(7-9-18)16-28-21-15-20(26)22(19(21)5-4-12-25)24-10-13-27-14-11-24/h6-9,12,19-22,26H,4-5,10-11,13-16H2,1-3H3/t19-,20+,21-,22+/m1/s1. The predicted octanol–water partition coefficient (Wildman–Crippen LogP) is 2.93. The zero-order chi connectivity index (χ0) is 20.1. The average molecular weight is 390 g/mol. The van der Waals surface area contributed by atoms with E-state index in [1.54, 1.807) is 0 Å². The number of aldehydes is 1. The summed E-state index contributed by atoms with van der Waals surface area (Å²) in [5.74, 6) is 0.173. The number of rotatable bonds is 7. The fraction of sp³-hybridized carbons (Fsp3) is 0.696. The number of carbonyl (C=O) groups is 1. The van der Waals surface area contributed by atoms with Gasteiger partial charge in [-0.2, -0.15) is 0 Å². The third-order valence-corrected chi connectivity index (χ3v) is 6.15. The van der Waals surface area contributed by atoms with Crippen molar-refractivity contribution < 1.29 is 19.4 Å². The van der Waals surface area contributed by atoms with E-state index < -0.39 is 6.10 Å². The summed E-state index contributed by atoms with van der Waals surface area (Å²) in [6.45, 7) is 10.2. The van der Waals surface area contributed by atoms with Gasteiger partial charge in [-0.3, -0.25) is 4.90 Å². The van der Waals surface area contributed by atoms with E-state index in [1.165, 1.54) is 5.56 Å². The molecule has 0 radical (unpaired) electrons. The first-order valence-electron chi connectivity index (χ1n) is 10.5. The maximum absolute atomic E-state index is 11.0. The first-order valence-corrected chi connectivity index (χ1v) is 10.5. The van der Waals surface area contributed by atoms with Gasteiger partial charge >= 0.3 is 0 Å². The Morgan fingerprint density at radius 1 is 1.21 bits per heavy atom. The summed E-state index contributed by atoms with van der Waals surface area (Å²) < 4.78 is 11.7. The number of morpholine rings is 1. The molecular weight excluding hydrogens is 354 g/mol. The lowest BCUT2D eigenvalue weighted by Crippen LogP contribution is -2.50. The van der Waals surface area contributed by atoms with Gasteiger partial charge in [0, 0.05) is 37.9 Å². The number of hydrogen-bond acceptors (Lipinski definition) is 5. The fourth-order valence-electron chi connectivity index (χ4n) is 4.56. The summed E-state index contributed by atoms with van der Waals surface area (Å²) in [7, 11) is 0. The molecule has 1 aliphatic carbocycles. The van der Waals surface area contributed by atoms with Crippen LogP contribution in [0.4, 0.5) is 0 Å². The Morgan fingerprint density at radius 2 is 1.89 bits per heavy atom. The highest BCUT2D eigenvalue weighted by Gasteiger charge is 2.45. The number of nitrogens with zero attached hydrogens (tertiary/aromatic N) is 1. The normalized spacial score (nSPS) is 29.1. The van der Waals surface area contributed by atoms with Crippen LogP contribution in [0.5, 0.6) is 0 Å². The van der Waals surface area contributed by atoms with Crippen LogP contribution in [-0.4, -0.2) is 60.8 Å². The molecule has 1 saturated heterocycles. The van der Waals surface area contributed by atoms with Crippen LogP contribution in [0.2, 0.25) is 0 Å². The van der Waals surface area contributed by atoms with E-state index in [9.17, 15) is 9.90 Å². The summed E-state index contributed by atoms with van der Waals surface area (Å²) in [4.78, 5) is 13.3. The second kappa shape index (κ2) is 9.49. The molecule has 1 aromatic carbocycles. The molecule has 0 spiro atoms. The lowest BCUT2D eigenvalue weighted by molar-refractivity contribution is -0.108. The quantitative estimate of drug-likeness (QED) is 0.727. The van der Waals surface area contributed by atoms with Crippen molar-refractivity contribution in [1.29, 1.82) is 0 Å². The third kappa shape index (κ3) is 5.20. The summed E-state index contributed by atoms with van der Waals surface area (Å²) >= 11 is 0. The lowest BCUT2D eigenvalue weighted by atomic mass is 9.87. The van der Waals surface area contributed by atoms with Crippen molar-refractivity contribution in [3.8, 4) is 0 Å². The van der Waals surface area contributed by atoms with Crippen LogP contribution >= 0.6 is 0 Å². The molecule has 4 atom stereocenters. The number of aliphatic hydroxyl groups excluding tert-OH is 1. The largest absolute Gasteiger partial charge is 0.391 e. The summed E-state index contributed by atoms with van der Waals surface area (Å²) in [6, 6.07) is 8.65. The van der Waals surface area contributed by atoms with Gasteiger partial charge < -0.3 is 19.4 Å². The number of aliphatic hydroxyl groups is 1. The minimum atomic E-state index is -0.414. The van der Waals surface area contributed by atoms with Crippen LogP contribution in [0.15, 0.2) is 24.3 Å². The summed E-state index contributed by atoms with van der Waals surface area (Å²) in [6.07, 6.45) is 2.44. The maximum atomic E-state index is 11.0. The lowest BCUT2D eigenvalue weighted by Gasteiger charge is -2.37. The van der Waals surface area contributed by atoms with Crippen molar-refractivity contribution >= 4 is 6.29 Å². The van der Waals surface area contributed by atoms with Crippen molar-refractivity contribution in [3.05, 3.63) is 35.4 Å². The number of ether oxygens (including phenoxy) is 2. The van der Waals surface area contributed by atoms with E-state index in [2.05, 4.69) is 49.9 Å². The fourth-order valence-corrected chi connectivity index (χ4v) is 4.56. The molecule has 3 rings (SSSR count). The zero-order valence-corrected chi connectivity index (χ0v) is 17.5. The van der Waals surface area contributed by atoms with E-state index in [4.69, 9.17) is 9.47 Å². The maximum Gasteiger partial charge on any atom is 0.120 e. The number of carbonyl (C=O) groups excluding carboxylic acids is 1. The molecule has 0 aromatic heterocycles. The van der Waals surface area contributed by atoms with Gasteiger partial charge in [0.25, 0.3) is 0 Å². The van der Waals surface area contributed by atoms with Gasteiger partial charge in [-0.15, -0.1) is 0 Å². The molecule has 0 unspecified atom stereocenters. The molecule has 5 nitrogen and oxygen atoms in total. The molecule has 1 aliphatic heterocycles. The Kier molecular flexibility index (Phi) is 7.26. The minimum Gasteiger partial charge on any atom is -0.391 e. The van der Waals surface area contributed by atoms with E-state index in [0.717, 1.165) is 31.4 Å². The Bertz CT molecular complexity index is 618. The molecule has 0 amide bonds. The Morgan fingerprint density at radius 3 is 2.50 bits per heavy atom. The molecule has 1 N–H and O–H groups in total. The second-order valence-corrected chi connectivity index (χ2v) is 9.15. The van der Waals surface area contributed by atoms with Crippen LogP contribution < -0.4 is 0 Å². The van der Waals surface area contributed by atoms with E-state index in [0.29, 0.717) is 32.7 Å². The first-order chi connectivity index (χ1) is 13.4. The average Bonchev–Trinajstić information content (AvgIpc) is 3.00. The van der Waals surface area contributed by atoms with Gasteiger partial charge in [0.15, 0.2) is 0 Å². The Balaban J connectivity index is 1.65. The van der Waals surface area contributed by atoms with Gasteiger partial charge in [-0.25, -0.2) is 0 Å². The van der Waals surface area contributed by atoms with Gasteiger partial charge in [0.1, 0.15) is 6.29 Å². The van der Waals surface area contributed by atoms with Gasteiger partial charge in [-0.05, 0) is 23.0 Å². The van der Waals surface area contributed by atoms with Crippen LogP contribution in [0.25, 0.3) is 0 Å². The van der Waals surface area contributed by atoms with Crippen LogP contribution in [0.1, 0.15) is 51.2 Å². The SMILES string of the molecule is CC(C)(C)c1ccc(CO[C@@H]2C[C@H](O)[C@@H](N3CCOCC3)[C@@H]2CCC=O)cc1. The Hall–Kier alpha value is -1.27. The summed E-state index contributed by atoms with van der Waals surface area (Å²) in [5.41, 5.74) is 2.59. The van der Waals surface area contributed by atoms with Crippen LogP contribution in [-0.2, 0) is 26.3 Å². The molecule has 28 heavy (non-hydrogen) atoms. The molecule has 1 heterocycles. The number of benzene rings is 1. The molecule has 2 fully saturated rings. The van der Waals surface area contributed by atoms with Crippen molar-refractivity contribution in [1.82, 2.24) is 4.90 Å². The van der Waals surface area contributed by atoms with Gasteiger partial charge in [0.2, 0.25) is 0 Å². The molecule has 5 heteroatoms. The highest BCUT2D eigenvalue weighted by Crippen LogP contribution is 2.36. The first kappa shape index (κ1) is 21.4. The molecular formula is C23H35NO4. The number of hydrogen-bond donors (Lipinski definition) is 1. The topological polar surface area (TPSA) is 59.0 Å². The van der Waals surface area contributed by atoms with Crippen molar-refractivity contribution in [2.24, 2.45) is 5.92 Å². The van der Waals surface area contributed by atoms with Crippen LogP contribution in [0, 0.1) is 5.92 Å². The van der Waals surface area contributed by atoms with Crippen LogP contribution in [0.3, 0.4) is 0 Å². The van der Waals surface area contributed by atoms with Crippen molar-refractivity contribution in [3.63, 3.8) is 0 Å². The van der Waals surface area contributed by atoms with Gasteiger partial charge in [-0.1, -0.05) is 45.0 Å². The smallest absolute Gasteiger partial charge is 0.120 e. The minimum absolute atomic E-state index is 0.0231. The van der Waals surface area contributed by atoms with Gasteiger partial charge in [0.05, 0.1) is 32.0 Å². The monoisotopic (exact) mass is 389 g/mol. The molecule has 1 aromatic rings. The molecule has 156 valence electrons. The van der Waals surface area contributed by atoms with Crippen molar-refractivity contribution in [2.75, 3.05) is 26.3 Å². The highest BCUT2D eigenvalue weighted by molar-refractivity contribution is 5.49. The summed E-state index contributed by atoms with van der Waals surface area (Å²) in [5, 5.41) is 10.8. The molecule has 1 saturated carbocycles. The predicted molar refractivity (Wildman–Crippen MR) is 109 cm³/mol. The highest BCUT2D eigenvalue weighted by atomic mass is 16.5. The zero-order valence-electron chi connectivity index (χ0n) is 17.5. The van der Waals surface area contributed by atoms with E-state index in [-0.39, 0.29) is 23.5 Å². The van der Waals surface area contributed by atoms with E-state index in [1.807, 2.05) is 0 Å². The second-order valence-electron chi connectivity index (χ2n) is 9.15. The van der Waals surface area contributed by atoms with E-state index >= 15 is 0 Å². The van der Waals surface area contributed by atoms with Crippen molar-refractivity contribution in [2.45, 2.75) is 70.3 Å².